The minimum absolute atomic E-state index is 0.178. The molecule has 0 aromatic carbocycles. The number of ether oxygens (including phenoxy) is 1. The molecule has 10 unspecified atom stereocenters. The second kappa shape index (κ2) is 9.46. The summed E-state index contributed by atoms with van der Waals surface area (Å²) < 4.78 is 5.41. The molecule has 4 fully saturated rings. The van der Waals surface area contributed by atoms with E-state index in [9.17, 15) is 4.79 Å². The van der Waals surface area contributed by atoms with Gasteiger partial charge in [0.05, 0.1) is 0 Å². The van der Waals surface area contributed by atoms with Crippen molar-refractivity contribution >= 4 is 6.47 Å². The van der Waals surface area contributed by atoms with Crippen molar-refractivity contribution in [3.8, 4) is 0 Å². The summed E-state index contributed by atoms with van der Waals surface area (Å²) in [6.07, 6.45) is 18.6. The van der Waals surface area contributed by atoms with E-state index >= 15 is 0 Å². The first kappa shape index (κ1) is 24.3. The number of carbonyl (C=O) groups excluding carboxylic acids is 1. The number of carbonyl (C=O) groups is 1. The van der Waals surface area contributed by atoms with Gasteiger partial charge >= 0.3 is 0 Å². The summed E-state index contributed by atoms with van der Waals surface area (Å²) in [4.78, 5) is 10.9. The van der Waals surface area contributed by atoms with Crippen LogP contribution >= 0.6 is 0 Å². The Balaban J connectivity index is 1.47. The third-order valence-electron chi connectivity index (χ3n) is 11.6. The Morgan fingerprint density at radius 2 is 1.62 bits per heavy atom. The number of rotatable bonds is 7. The zero-order chi connectivity index (χ0) is 23.1. The van der Waals surface area contributed by atoms with Gasteiger partial charge in [-0.25, -0.2) is 0 Å². The zero-order valence-corrected chi connectivity index (χ0v) is 21.8. The van der Waals surface area contributed by atoms with Crippen LogP contribution in [0.4, 0.5) is 0 Å². The molecule has 0 aliphatic heterocycles. The van der Waals surface area contributed by atoms with Crippen LogP contribution in [0.3, 0.4) is 0 Å². The molecule has 0 heterocycles. The standard InChI is InChI=1S/C30H50O2/c1-7-22(20(2)3)9-8-21(4)26-12-13-27-25-11-10-23-18-24(32-19-31)14-16-29(23,5)28(25)15-17-30(26,27)6/h8-9,19-28H,7,10-18H2,1-6H3/b9-8+. The second-order valence-electron chi connectivity index (χ2n) is 13.1. The lowest BCUT2D eigenvalue weighted by Gasteiger charge is -2.61. The molecule has 0 spiro atoms. The summed E-state index contributed by atoms with van der Waals surface area (Å²) in [5, 5.41) is 0. The third-order valence-corrected chi connectivity index (χ3v) is 11.6. The zero-order valence-electron chi connectivity index (χ0n) is 21.8. The van der Waals surface area contributed by atoms with Gasteiger partial charge in [0.15, 0.2) is 0 Å². The first-order valence-electron chi connectivity index (χ1n) is 14.0. The molecule has 4 rings (SSSR count). The van der Waals surface area contributed by atoms with Crippen molar-refractivity contribution < 1.29 is 9.53 Å². The lowest BCUT2D eigenvalue weighted by molar-refractivity contribution is -0.150. The summed E-state index contributed by atoms with van der Waals surface area (Å²) in [7, 11) is 0. The molecule has 0 aromatic heterocycles. The van der Waals surface area contributed by atoms with Crippen molar-refractivity contribution in [2.45, 2.75) is 112 Å². The van der Waals surface area contributed by atoms with E-state index in [1.807, 2.05) is 0 Å². The van der Waals surface area contributed by atoms with E-state index in [1.54, 1.807) is 0 Å². The number of fused-ring (bicyclic) bond motifs is 5. The fraction of sp³-hybridized carbons (Fsp3) is 0.900. The average molecular weight is 443 g/mol. The molecular formula is C30H50O2. The van der Waals surface area contributed by atoms with E-state index in [1.165, 1.54) is 51.4 Å². The van der Waals surface area contributed by atoms with Crippen LogP contribution in [0.25, 0.3) is 0 Å². The van der Waals surface area contributed by atoms with Crippen molar-refractivity contribution in [2.75, 3.05) is 0 Å². The van der Waals surface area contributed by atoms with Gasteiger partial charge in [-0.05, 0) is 122 Å². The van der Waals surface area contributed by atoms with Gasteiger partial charge in [0.25, 0.3) is 6.47 Å². The molecule has 2 heteroatoms. The van der Waals surface area contributed by atoms with Gasteiger partial charge in [-0.15, -0.1) is 0 Å². The van der Waals surface area contributed by atoms with Crippen LogP contribution in [0.5, 0.6) is 0 Å². The Hall–Kier alpha value is -0.790. The molecule has 4 aliphatic rings. The van der Waals surface area contributed by atoms with E-state index in [-0.39, 0.29) is 6.10 Å². The third kappa shape index (κ3) is 4.11. The molecule has 4 aliphatic carbocycles. The Morgan fingerprint density at radius 3 is 2.31 bits per heavy atom. The van der Waals surface area contributed by atoms with Gasteiger partial charge in [0.2, 0.25) is 0 Å². The molecule has 0 saturated heterocycles. The number of allylic oxidation sites excluding steroid dienone is 2. The molecule has 0 aromatic rings. The molecular weight excluding hydrogens is 392 g/mol. The monoisotopic (exact) mass is 442 g/mol. The predicted molar refractivity (Wildman–Crippen MR) is 133 cm³/mol. The molecule has 10 atom stereocenters. The van der Waals surface area contributed by atoms with Crippen molar-refractivity contribution in [3.63, 3.8) is 0 Å². The fourth-order valence-electron chi connectivity index (χ4n) is 9.61. The van der Waals surface area contributed by atoms with Crippen molar-refractivity contribution in [3.05, 3.63) is 12.2 Å². The van der Waals surface area contributed by atoms with Crippen LogP contribution in [0.1, 0.15) is 106 Å². The Morgan fingerprint density at radius 1 is 0.906 bits per heavy atom. The Kier molecular flexibility index (Phi) is 7.19. The Bertz CT molecular complexity index is 682. The van der Waals surface area contributed by atoms with E-state index in [2.05, 4.69) is 53.7 Å². The quantitative estimate of drug-likeness (QED) is 0.294. The highest BCUT2D eigenvalue weighted by Crippen LogP contribution is 2.68. The summed E-state index contributed by atoms with van der Waals surface area (Å²) >= 11 is 0. The lowest BCUT2D eigenvalue weighted by atomic mass is 9.44. The smallest absolute Gasteiger partial charge is 0.293 e. The molecule has 0 radical (unpaired) electrons. The summed E-state index contributed by atoms with van der Waals surface area (Å²) in [5.41, 5.74) is 1.01. The molecule has 2 nitrogen and oxygen atoms in total. The van der Waals surface area contributed by atoms with Crippen LogP contribution < -0.4 is 0 Å². The van der Waals surface area contributed by atoms with Gasteiger partial charge in [-0.1, -0.05) is 53.7 Å². The average Bonchev–Trinajstić information content (AvgIpc) is 3.11. The SMILES string of the molecule is CCC(/C=C/C(C)C1CCC2C3CCC4CC(OC=O)CCC4(C)C3CCC12C)C(C)C. The minimum Gasteiger partial charge on any atom is -0.465 e. The van der Waals surface area contributed by atoms with Crippen LogP contribution in [0, 0.1) is 58.2 Å². The highest BCUT2D eigenvalue weighted by molar-refractivity contribution is 5.37. The molecule has 32 heavy (non-hydrogen) atoms. The maximum atomic E-state index is 10.9. The van der Waals surface area contributed by atoms with Gasteiger partial charge < -0.3 is 4.74 Å². The maximum absolute atomic E-state index is 10.9. The van der Waals surface area contributed by atoms with Crippen molar-refractivity contribution in [2.24, 2.45) is 58.2 Å². The molecule has 0 N–H and O–H groups in total. The first-order chi connectivity index (χ1) is 15.2. The highest BCUT2D eigenvalue weighted by atomic mass is 16.5. The normalized spacial score (nSPS) is 45.7. The van der Waals surface area contributed by atoms with Gasteiger partial charge in [0.1, 0.15) is 6.10 Å². The highest BCUT2D eigenvalue weighted by Gasteiger charge is 2.60. The van der Waals surface area contributed by atoms with Crippen LogP contribution in [-0.4, -0.2) is 12.6 Å². The maximum Gasteiger partial charge on any atom is 0.293 e. The molecule has 182 valence electrons. The topological polar surface area (TPSA) is 26.3 Å². The van der Waals surface area contributed by atoms with E-state index in [0.717, 1.165) is 54.3 Å². The molecule has 0 amide bonds. The molecule has 0 bridgehead atoms. The predicted octanol–water partition coefficient (Wildman–Crippen LogP) is 8.06. The van der Waals surface area contributed by atoms with E-state index in [4.69, 9.17) is 4.74 Å². The van der Waals surface area contributed by atoms with Gasteiger partial charge in [-0.3, -0.25) is 4.79 Å². The van der Waals surface area contributed by atoms with E-state index in [0.29, 0.717) is 23.2 Å². The van der Waals surface area contributed by atoms with Crippen molar-refractivity contribution in [1.82, 2.24) is 0 Å². The van der Waals surface area contributed by atoms with Gasteiger partial charge in [-0.2, -0.15) is 0 Å². The number of hydrogen-bond donors (Lipinski definition) is 0. The summed E-state index contributed by atoms with van der Waals surface area (Å²) in [6.45, 7) is 15.6. The Labute approximate surface area is 198 Å². The van der Waals surface area contributed by atoms with Gasteiger partial charge in [0, 0.05) is 0 Å². The van der Waals surface area contributed by atoms with Crippen LogP contribution in [0.15, 0.2) is 12.2 Å². The van der Waals surface area contributed by atoms with Crippen LogP contribution in [-0.2, 0) is 9.53 Å². The molecule has 4 saturated carbocycles. The van der Waals surface area contributed by atoms with Crippen LogP contribution in [0.2, 0.25) is 0 Å². The fourth-order valence-corrected chi connectivity index (χ4v) is 9.61. The summed E-state index contributed by atoms with van der Waals surface area (Å²) in [6, 6.07) is 0. The second-order valence-corrected chi connectivity index (χ2v) is 13.1. The summed E-state index contributed by atoms with van der Waals surface area (Å²) in [5.74, 6) is 6.54. The van der Waals surface area contributed by atoms with Crippen molar-refractivity contribution in [1.29, 1.82) is 0 Å². The first-order valence-corrected chi connectivity index (χ1v) is 14.0. The van der Waals surface area contributed by atoms with E-state index < -0.39 is 0 Å². The minimum atomic E-state index is 0.178. The lowest BCUT2D eigenvalue weighted by Crippen LogP contribution is -2.54. The largest absolute Gasteiger partial charge is 0.465 e. The number of hydrogen-bond acceptors (Lipinski definition) is 2.